The maximum absolute atomic E-state index is 11.1. The highest BCUT2D eigenvalue weighted by Gasteiger charge is 2.43. The van der Waals surface area contributed by atoms with Crippen molar-refractivity contribution >= 4 is 23.5 Å². The molecule has 0 aliphatic carbocycles. The number of halogens is 1. The van der Waals surface area contributed by atoms with Crippen LogP contribution in [0.15, 0.2) is 0 Å². The average molecular weight is 177 g/mol. The lowest BCUT2D eigenvalue weighted by Crippen LogP contribution is -2.47. The molecule has 0 aromatic rings. The summed E-state index contributed by atoms with van der Waals surface area (Å²) in [6.45, 7) is 1.80. The normalized spacial score (nSPS) is 30.0. The Labute approximate surface area is 69.3 Å². The van der Waals surface area contributed by atoms with E-state index in [1.807, 2.05) is 0 Å². The Morgan fingerprint density at radius 1 is 1.55 bits per heavy atom. The van der Waals surface area contributed by atoms with E-state index in [1.165, 1.54) is 0 Å². The maximum atomic E-state index is 11.1. The van der Waals surface area contributed by atoms with E-state index in [4.69, 9.17) is 11.6 Å². The van der Waals surface area contributed by atoms with Crippen LogP contribution in [-0.4, -0.2) is 23.4 Å². The maximum Gasteiger partial charge on any atom is 0.322 e. The number of amides is 3. The molecule has 0 aromatic heterocycles. The van der Waals surface area contributed by atoms with Crippen LogP contribution in [0.3, 0.4) is 0 Å². The van der Waals surface area contributed by atoms with E-state index in [-0.39, 0.29) is 11.8 Å². The number of imide groups is 1. The molecule has 1 atom stereocenters. The third kappa shape index (κ3) is 1.18. The molecule has 11 heavy (non-hydrogen) atoms. The second kappa shape index (κ2) is 2.70. The highest BCUT2D eigenvalue weighted by Crippen LogP contribution is 2.16. The monoisotopic (exact) mass is 176 g/mol. The van der Waals surface area contributed by atoms with Gasteiger partial charge in [0.15, 0.2) is 0 Å². The zero-order chi connectivity index (χ0) is 8.48. The predicted molar refractivity (Wildman–Crippen MR) is 40.4 cm³/mol. The van der Waals surface area contributed by atoms with Gasteiger partial charge < -0.3 is 5.32 Å². The Morgan fingerprint density at radius 3 is 2.36 bits per heavy atom. The quantitative estimate of drug-likeness (QED) is 0.467. The summed E-state index contributed by atoms with van der Waals surface area (Å²) in [5.74, 6) is -0.221. The lowest BCUT2D eigenvalue weighted by Gasteiger charge is -2.20. The molecule has 0 saturated carbocycles. The number of hydrogen-bond donors (Lipinski definition) is 2. The van der Waals surface area contributed by atoms with Crippen LogP contribution in [-0.2, 0) is 4.79 Å². The lowest BCUT2D eigenvalue weighted by atomic mass is 10.00. The Bertz CT molecular complexity index is 201. The summed E-state index contributed by atoms with van der Waals surface area (Å²) in [4.78, 5) is 21.8. The first-order valence-electron chi connectivity index (χ1n) is 3.34. The second-order valence-corrected chi connectivity index (χ2v) is 2.74. The molecule has 0 spiro atoms. The molecule has 1 rings (SSSR count). The molecule has 1 aliphatic rings. The van der Waals surface area contributed by atoms with E-state index in [0.29, 0.717) is 6.42 Å². The fourth-order valence-electron chi connectivity index (χ4n) is 0.966. The van der Waals surface area contributed by atoms with Crippen molar-refractivity contribution in [2.24, 2.45) is 0 Å². The van der Waals surface area contributed by atoms with Crippen LogP contribution in [0, 0.1) is 0 Å². The van der Waals surface area contributed by atoms with Gasteiger partial charge in [-0.3, -0.25) is 10.1 Å². The molecular weight excluding hydrogens is 168 g/mol. The molecule has 1 unspecified atom stereocenters. The topological polar surface area (TPSA) is 58.2 Å². The van der Waals surface area contributed by atoms with Crippen molar-refractivity contribution in [2.45, 2.75) is 18.9 Å². The highest BCUT2D eigenvalue weighted by atomic mass is 35.5. The van der Waals surface area contributed by atoms with Crippen molar-refractivity contribution in [1.82, 2.24) is 10.6 Å². The van der Waals surface area contributed by atoms with Gasteiger partial charge in [0.05, 0.1) is 5.88 Å². The van der Waals surface area contributed by atoms with Gasteiger partial charge >= 0.3 is 6.03 Å². The van der Waals surface area contributed by atoms with Crippen LogP contribution in [0.4, 0.5) is 4.79 Å². The van der Waals surface area contributed by atoms with Crippen LogP contribution in [0.1, 0.15) is 13.3 Å². The standard InChI is InChI=1S/C6H9ClN2O2/c1-2-6(3-7)4(10)8-5(11)9-6/h2-3H2,1H3,(H2,8,9,10,11). The van der Waals surface area contributed by atoms with Crippen LogP contribution < -0.4 is 10.6 Å². The van der Waals surface area contributed by atoms with Crippen LogP contribution in [0.2, 0.25) is 0 Å². The number of carbonyl (C=O) groups excluding carboxylic acids is 2. The van der Waals surface area contributed by atoms with Crippen LogP contribution in [0.5, 0.6) is 0 Å². The van der Waals surface area contributed by atoms with E-state index in [9.17, 15) is 9.59 Å². The Kier molecular flexibility index (Phi) is 2.04. The van der Waals surface area contributed by atoms with Gasteiger partial charge in [0.25, 0.3) is 5.91 Å². The van der Waals surface area contributed by atoms with Gasteiger partial charge in [-0.05, 0) is 6.42 Å². The largest absolute Gasteiger partial charge is 0.322 e. The number of urea groups is 1. The molecule has 0 aromatic carbocycles. The van der Waals surface area contributed by atoms with Crippen molar-refractivity contribution in [3.8, 4) is 0 Å². The van der Waals surface area contributed by atoms with Crippen molar-refractivity contribution in [3.63, 3.8) is 0 Å². The Hall–Kier alpha value is -0.770. The zero-order valence-corrected chi connectivity index (χ0v) is 6.86. The molecule has 1 aliphatic heterocycles. The number of carbonyl (C=O) groups is 2. The molecule has 1 fully saturated rings. The molecule has 1 saturated heterocycles. The minimum atomic E-state index is -0.876. The van der Waals surface area contributed by atoms with Gasteiger partial charge in [-0.15, -0.1) is 11.6 Å². The predicted octanol–water partition coefficient (Wildman–Crippen LogP) is 0.213. The molecule has 0 bridgehead atoms. The summed E-state index contributed by atoms with van der Waals surface area (Å²) in [5.41, 5.74) is -0.876. The zero-order valence-electron chi connectivity index (χ0n) is 6.11. The highest BCUT2D eigenvalue weighted by molar-refractivity contribution is 6.22. The summed E-state index contributed by atoms with van der Waals surface area (Å²) >= 11 is 5.55. The van der Waals surface area contributed by atoms with E-state index in [0.717, 1.165) is 0 Å². The number of rotatable bonds is 2. The number of hydrogen-bond acceptors (Lipinski definition) is 2. The van der Waals surface area contributed by atoms with E-state index in [2.05, 4.69) is 10.6 Å². The molecule has 1 heterocycles. The van der Waals surface area contributed by atoms with Crippen molar-refractivity contribution in [3.05, 3.63) is 0 Å². The molecular formula is C6H9ClN2O2. The Balaban J connectivity index is 2.84. The van der Waals surface area contributed by atoms with Gasteiger partial charge in [-0.2, -0.15) is 0 Å². The average Bonchev–Trinajstić information content (AvgIpc) is 2.27. The summed E-state index contributed by atoms with van der Waals surface area (Å²) in [6.07, 6.45) is 0.508. The molecule has 3 amide bonds. The third-order valence-electron chi connectivity index (χ3n) is 1.85. The number of alkyl halides is 1. The summed E-state index contributed by atoms with van der Waals surface area (Å²) < 4.78 is 0. The van der Waals surface area contributed by atoms with Gasteiger partial charge in [-0.1, -0.05) is 6.92 Å². The first-order chi connectivity index (χ1) is 5.14. The van der Waals surface area contributed by atoms with Gasteiger partial charge in [0.2, 0.25) is 0 Å². The van der Waals surface area contributed by atoms with Crippen molar-refractivity contribution < 1.29 is 9.59 Å². The molecule has 62 valence electrons. The van der Waals surface area contributed by atoms with Crippen molar-refractivity contribution in [2.75, 3.05) is 5.88 Å². The molecule has 2 N–H and O–H groups in total. The van der Waals surface area contributed by atoms with Crippen molar-refractivity contribution in [1.29, 1.82) is 0 Å². The summed E-state index contributed by atoms with van der Waals surface area (Å²) in [5, 5.41) is 4.62. The van der Waals surface area contributed by atoms with E-state index in [1.54, 1.807) is 6.92 Å². The minimum absolute atomic E-state index is 0.112. The fraction of sp³-hybridized carbons (Fsp3) is 0.667. The fourth-order valence-corrected chi connectivity index (χ4v) is 1.34. The second-order valence-electron chi connectivity index (χ2n) is 2.48. The molecule has 5 heteroatoms. The van der Waals surface area contributed by atoms with E-state index < -0.39 is 11.6 Å². The van der Waals surface area contributed by atoms with E-state index >= 15 is 0 Å². The summed E-state index contributed by atoms with van der Waals surface area (Å²) in [7, 11) is 0. The van der Waals surface area contributed by atoms with Gasteiger partial charge in [0.1, 0.15) is 5.54 Å². The van der Waals surface area contributed by atoms with Gasteiger partial charge in [-0.25, -0.2) is 4.79 Å². The first-order valence-corrected chi connectivity index (χ1v) is 3.87. The molecule has 0 radical (unpaired) electrons. The number of nitrogens with one attached hydrogen (secondary N) is 2. The minimum Gasteiger partial charge on any atom is -0.322 e. The van der Waals surface area contributed by atoms with Gasteiger partial charge in [0, 0.05) is 0 Å². The third-order valence-corrected chi connectivity index (χ3v) is 2.30. The Morgan fingerprint density at radius 2 is 2.18 bits per heavy atom. The first kappa shape index (κ1) is 8.33. The van der Waals surface area contributed by atoms with Crippen LogP contribution >= 0.6 is 11.6 Å². The lowest BCUT2D eigenvalue weighted by molar-refractivity contribution is -0.123. The SMILES string of the molecule is CCC1(CCl)NC(=O)NC1=O. The van der Waals surface area contributed by atoms with Crippen LogP contribution in [0.25, 0.3) is 0 Å². The summed E-state index contributed by atoms with van der Waals surface area (Å²) in [6, 6.07) is -0.461. The smallest absolute Gasteiger partial charge is 0.322 e. The molecule has 4 nitrogen and oxygen atoms in total.